The van der Waals surface area contributed by atoms with E-state index in [1.54, 1.807) is 72.6 Å². The van der Waals surface area contributed by atoms with E-state index < -0.39 is 5.63 Å². The maximum absolute atomic E-state index is 12.8. The summed E-state index contributed by atoms with van der Waals surface area (Å²) in [6.45, 7) is 0.107. The summed E-state index contributed by atoms with van der Waals surface area (Å²) in [4.78, 5) is 24.6. The van der Waals surface area contributed by atoms with Crippen LogP contribution in [-0.4, -0.2) is 35.1 Å². The monoisotopic (exact) mass is 498 g/mol. The number of nitrogens with one attached hydrogen (secondary N) is 1. The van der Waals surface area contributed by atoms with Gasteiger partial charge in [-0.15, -0.1) is 5.10 Å². The molecule has 186 valence electrons. The molecule has 3 aromatic carbocycles. The average molecular weight is 498 g/mol. The first-order valence-electron chi connectivity index (χ1n) is 11.2. The van der Waals surface area contributed by atoms with Crippen LogP contribution in [0.15, 0.2) is 88.2 Å². The fraction of sp³-hybridized carbons (Fsp3) is 0.111. The number of aromatic nitrogens is 3. The zero-order valence-electron chi connectivity index (χ0n) is 20.0. The predicted octanol–water partition coefficient (Wildman–Crippen LogP) is 4.22. The van der Waals surface area contributed by atoms with Crippen LogP contribution >= 0.6 is 0 Å². The maximum atomic E-state index is 12.8. The summed E-state index contributed by atoms with van der Waals surface area (Å²) >= 11 is 0. The Balaban J connectivity index is 1.27. The lowest BCUT2D eigenvalue weighted by molar-refractivity contribution is 0.102. The molecule has 1 N–H and O–H groups in total. The molecule has 37 heavy (non-hydrogen) atoms. The number of carbonyl (C=O) groups excluding carboxylic acids is 1. The van der Waals surface area contributed by atoms with Gasteiger partial charge in [0.1, 0.15) is 35.1 Å². The van der Waals surface area contributed by atoms with Crippen LogP contribution in [0, 0.1) is 0 Å². The molecule has 5 rings (SSSR count). The highest BCUT2D eigenvalue weighted by Gasteiger charge is 2.13. The van der Waals surface area contributed by atoms with Gasteiger partial charge in [-0.3, -0.25) is 4.79 Å². The van der Waals surface area contributed by atoms with E-state index in [2.05, 4.69) is 15.6 Å². The highest BCUT2D eigenvalue weighted by Crippen LogP contribution is 2.29. The highest BCUT2D eigenvalue weighted by atomic mass is 16.5. The third-order valence-electron chi connectivity index (χ3n) is 5.58. The number of rotatable bonds is 8. The molecule has 0 radical (unpaired) electrons. The van der Waals surface area contributed by atoms with Crippen LogP contribution < -0.4 is 25.2 Å². The van der Waals surface area contributed by atoms with Gasteiger partial charge < -0.3 is 23.9 Å². The summed E-state index contributed by atoms with van der Waals surface area (Å²) < 4.78 is 23.1. The smallest absolute Gasteiger partial charge is 0.339 e. The zero-order valence-corrected chi connectivity index (χ0v) is 20.0. The largest absolute Gasteiger partial charge is 0.497 e. The van der Waals surface area contributed by atoms with Crippen LogP contribution in [0.4, 0.5) is 5.69 Å². The first-order valence-corrected chi connectivity index (χ1v) is 11.2. The fourth-order valence-electron chi connectivity index (χ4n) is 3.72. The predicted molar refractivity (Wildman–Crippen MR) is 136 cm³/mol. The van der Waals surface area contributed by atoms with E-state index in [1.165, 1.54) is 13.2 Å². The number of para-hydroxylation sites is 1. The number of benzene rings is 3. The Bertz CT molecular complexity index is 1620. The van der Waals surface area contributed by atoms with Gasteiger partial charge in [-0.25, -0.2) is 9.48 Å². The summed E-state index contributed by atoms with van der Waals surface area (Å²) in [5, 5.41) is 11.8. The van der Waals surface area contributed by atoms with E-state index in [0.29, 0.717) is 50.8 Å². The normalized spacial score (nSPS) is 10.8. The number of methoxy groups -OCH3 is 2. The Morgan fingerprint density at radius 2 is 1.78 bits per heavy atom. The number of hydrogen-bond acceptors (Lipinski definition) is 8. The van der Waals surface area contributed by atoms with Gasteiger partial charge in [0.05, 0.1) is 43.2 Å². The van der Waals surface area contributed by atoms with Crippen LogP contribution in [0.5, 0.6) is 17.2 Å². The van der Waals surface area contributed by atoms with Gasteiger partial charge in [0, 0.05) is 11.6 Å². The summed E-state index contributed by atoms with van der Waals surface area (Å²) in [7, 11) is 3.08. The fourth-order valence-corrected chi connectivity index (χ4v) is 3.72. The first kappa shape index (κ1) is 23.6. The Hall–Kier alpha value is -5.12. The number of anilines is 1. The number of ether oxygens (including phenoxy) is 3. The lowest BCUT2D eigenvalue weighted by atomic mass is 10.2. The molecule has 0 aliphatic rings. The third-order valence-corrected chi connectivity index (χ3v) is 5.58. The molecule has 0 bridgehead atoms. The van der Waals surface area contributed by atoms with E-state index in [-0.39, 0.29) is 12.5 Å². The molecular formula is C27H22N4O6. The molecule has 0 unspecified atom stereocenters. The van der Waals surface area contributed by atoms with Crippen molar-refractivity contribution in [1.82, 2.24) is 15.0 Å². The van der Waals surface area contributed by atoms with E-state index in [4.69, 9.17) is 18.6 Å². The van der Waals surface area contributed by atoms with Gasteiger partial charge in [-0.2, -0.15) is 0 Å². The number of amides is 1. The first-order chi connectivity index (χ1) is 18.0. The standard InChI is InChI=1S/C27H22N4O6/c1-34-20-11-12-24(35-2)22(13-20)28-27(33)17-7-9-19(10-8-17)31-15-18(29-30-31)16-36-25-14-26(32)37-23-6-4-3-5-21(23)25/h3-15H,16H2,1-2H3,(H,28,33). The van der Waals surface area contributed by atoms with E-state index in [9.17, 15) is 9.59 Å². The molecule has 0 atom stereocenters. The maximum Gasteiger partial charge on any atom is 0.339 e. The molecule has 0 spiro atoms. The molecule has 0 saturated heterocycles. The Morgan fingerprint density at radius 3 is 2.57 bits per heavy atom. The van der Waals surface area contributed by atoms with Crippen LogP contribution in [0.25, 0.3) is 16.7 Å². The second-order valence-electron chi connectivity index (χ2n) is 7.94. The van der Waals surface area contributed by atoms with Crippen molar-refractivity contribution >= 4 is 22.6 Å². The van der Waals surface area contributed by atoms with Gasteiger partial charge in [0.2, 0.25) is 0 Å². The van der Waals surface area contributed by atoms with Gasteiger partial charge in [0.15, 0.2) is 0 Å². The Labute approximate surface area is 211 Å². The van der Waals surface area contributed by atoms with Gasteiger partial charge in [-0.1, -0.05) is 17.3 Å². The van der Waals surface area contributed by atoms with E-state index in [0.717, 1.165) is 0 Å². The van der Waals surface area contributed by atoms with Crippen molar-refractivity contribution in [3.63, 3.8) is 0 Å². The minimum Gasteiger partial charge on any atom is -0.497 e. The molecule has 0 saturated carbocycles. The van der Waals surface area contributed by atoms with Crippen molar-refractivity contribution < 1.29 is 23.4 Å². The quantitative estimate of drug-likeness (QED) is 0.316. The summed E-state index contributed by atoms with van der Waals surface area (Å²) in [5.74, 6) is 1.23. The molecule has 1 amide bonds. The van der Waals surface area contributed by atoms with Crippen molar-refractivity contribution in [2.45, 2.75) is 6.61 Å². The topological polar surface area (TPSA) is 118 Å². The third kappa shape index (κ3) is 5.13. The summed E-state index contributed by atoms with van der Waals surface area (Å²) in [5.41, 5.74) is 2.17. The number of fused-ring (bicyclic) bond motifs is 1. The van der Waals surface area contributed by atoms with Crippen LogP contribution in [-0.2, 0) is 6.61 Å². The Morgan fingerprint density at radius 1 is 0.973 bits per heavy atom. The molecular weight excluding hydrogens is 476 g/mol. The van der Waals surface area contributed by atoms with Gasteiger partial charge in [0.25, 0.3) is 5.91 Å². The highest BCUT2D eigenvalue weighted by molar-refractivity contribution is 6.05. The van der Waals surface area contributed by atoms with E-state index >= 15 is 0 Å². The molecule has 10 heteroatoms. The second-order valence-corrected chi connectivity index (χ2v) is 7.94. The second kappa shape index (κ2) is 10.2. The molecule has 0 aliphatic heterocycles. The van der Waals surface area contributed by atoms with Crippen LogP contribution in [0.2, 0.25) is 0 Å². The van der Waals surface area contributed by atoms with Crippen molar-refractivity contribution in [3.8, 4) is 22.9 Å². The van der Waals surface area contributed by atoms with Crippen molar-refractivity contribution in [1.29, 1.82) is 0 Å². The Kier molecular flexibility index (Phi) is 6.54. The molecule has 0 aliphatic carbocycles. The number of carbonyl (C=O) groups is 1. The van der Waals surface area contributed by atoms with Crippen LogP contribution in [0.3, 0.4) is 0 Å². The minimum absolute atomic E-state index is 0.107. The SMILES string of the molecule is COc1ccc(OC)c(NC(=O)c2ccc(-n3cc(COc4cc(=O)oc5ccccc45)nn3)cc2)c1. The van der Waals surface area contributed by atoms with E-state index in [1.807, 2.05) is 12.1 Å². The van der Waals surface area contributed by atoms with Crippen molar-refractivity contribution in [2.75, 3.05) is 19.5 Å². The summed E-state index contributed by atoms with van der Waals surface area (Å²) in [6.07, 6.45) is 1.71. The summed E-state index contributed by atoms with van der Waals surface area (Å²) in [6, 6.07) is 20.5. The van der Waals surface area contributed by atoms with Crippen molar-refractivity contribution in [3.05, 3.63) is 101 Å². The minimum atomic E-state index is -0.494. The zero-order chi connectivity index (χ0) is 25.8. The van der Waals surface area contributed by atoms with Crippen LogP contribution in [0.1, 0.15) is 16.1 Å². The number of hydrogen-bond donors (Lipinski definition) is 1. The van der Waals surface area contributed by atoms with Crippen molar-refractivity contribution in [2.24, 2.45) is 0 Å². The molecule has 10 nitrogen and oxygen atoms in total. The van der Waals surface area contributed by atoms with Gasteiger partial charge in [-0.05, 0) is 48.5 Å². The molecule has 0 fully saturated rings. The molecule has 5 aromatic rings. The number of nitrogens with zero attached hydrogens (tertiary/aromatic N) is 3. The average Bonchev–Trinajstić information content (AvgIpc) is 3.40. The molecule has 2 heterocycles. The lowest BCUT2D eigenvalue weighted by Gasteiger charge is -2.12. The lowest BCUT2D eigenvalue weighted by Crippen LogP contribution is -2.13. The van der Waals surface area contributed by atoms with Gasteiger partial charge >= 0.3 is 5.63 Å². The molecule has 2 aromatic heterocycles.